The van der Waals surface area contributed by atoms with Gasteiger partial charge < -0.3 is 19.5 Å². The second-order valence-corrected chi connectivity index (χ2v) is 5.57. The average molecular weight is 396 g/mol. The van der Waals surface area contributed by atoms with Crippen LogP contribution in [0.4, 0.5) is 10.1 Å². The molecule has 142 valence electrons. The second kappa shape index (κ2) is 9.00. The third kappa shape index (κ3) is 4.73. The summed E-state index contributed by atoms with van der Waals surface area (Å²) in [6.45, 7) is -0.709. The Morgan fingerprint density at radius 1 is 1.19 bits per heavy atom. The lowest BCUT2D eigenvalue weighted by atomic mass is 10.1. The normalized spacial score (nSPS) is 10.1. The van der Waals surface area contributed by atoms with Gasteiger partial charge in [0.15, 0.2) is 24.4 Å². The van der Waals surface area contributed by atoms with E-state index < -0.39 is 24.3 Å². The van der Waals surface area contributed by atoms with Crippen molar-refractivity contribution >= 4 is 35.5 Å². The first-order valence-electron chi connectivity index (χ1n) is 7.53. The number of hydrogen-bond donors (Lipinski definition) is 1. The molecule has 1 N–H and O–H groups in total. The topological polar surface area (TPSA) is 90.9 Å². The largest absolute Gasteiger partial charge is 0.493 e. The Bertz CT molecular complexity index is 886. The minimum Gasteiger partial charge on any atom is -0.493 e. The van der Waals surface area contributed by atoms with Crippen LogP contribution in [0, 0.1) is 5.82 Å². The zero-order valence-electron chi connectivity index (χ0n) is 14.4. The maximum Gasteiger partial charge on any atom is 0.343 e. The first-order chi connectivity index (χ1) is 12.9. The lowest BCUT2D eigenvalue weighted by molar-refractivity contribution is -0.119. The van der Waals surface area contributed by atoms with E-state index in [4.69, 9.17) is 25.8 Å². The fraction of sp³-hybridized carbons (Fsp3) is 0.167. The first kappa shape index (κ1) is 20.2. The summed E-state index contributed by atoms with van der Waals surface area (Å²) < 4.78 is 28.8. The van der Waals surface area contributed by atoms with Crippen LogP contribution in [-0.4, -0.2) is 39.0 Å². The molecule has 2 aromatic rings. The van der Waals surface area contributed by atoms with Crippen molar-refractivity contribution in [3.63, 3.8) is 0 Å². The molecule has 0 aliphatic rings. The van der Waals surface area contributed by atoms with Gasteiger partial charge in [-0.1, -0.05) is 11.6 Å². The van der Waals surface area contributed by atoms with E-state index in [9.17, 15) is 18.8 Å². The number of rotatable bonds is 7. The zero-order chi connectivity index (χ0) is 20.0. The van der Waals surface area contributed by atoms with Crippen molar-refractivity contribution < 1.29 is 33.0 Å². The molecular weight excluding hydrogens is 381 g/mol. The van der Waals surface area contributed by atoms with E-state index in [1.807, 2.05) is 0 Å². The van der Waals surface area contributed by atoms with Crippen LogP contribution in [0.2, 0.25) is 5.02 Å². The Kier molecular flexibility index (Phi) is 6.73. The van der Waals surface area contributed by atoms with E-state index in [-0.39, 0.29) is 33.3 Å². The molecule has 0 radical (unpaired) electrons. The molecule has 0 aliphatic carbocycles. The summed E-state index contributed by atoms with van der Waals surface area (Å²) in [6.07, 6.45) is 0.446. The van der Waals surface area contributed by atoms with Crippen molar-refractivity contribution in [1.82, 2.24) is 0 Å². The van der Waals surface area contributed by atoms with Crippen molar-refractivity contribution in [3.8, 4) is 11.5 Å². The number of benzene rings is 2. The number of aldehydes is 1. The van der Waals surface area contributed by atoms with Crippen molar-refractivity contribution in [1.29, 1.82) is 0 Å². The molecule has 7 nitrogen and oxygen atoms in total. The fourth-order valence-corrected chi connectivity index (χ4v) is 2.39. The number of amides is 1. The molecule has 2 rings (SSSR count). The Morgan fingerprint density at radius 3 is 2.52 bits per heavy atom. The van der Waals surface area contributed by atoms with Crippen LogP contribution in [-0.2, 0) is 9.53 Å². The van der Waals surface area contributed by atoms with Gasteiger partial charge in [-0.25, -0.2) is 9.18 Å². The smallest absolute Gasteiger partial charge is 0.343 e. The molecule has 0 unspecified atom stereocenters. The molecule has 2 aromatic carbocycles. The van der Waals surface area contributed by atoms with Gasteiger partial charge in [0.1, 0.15) is 11.4 Å². The minimum atomic E-state index is -0.973. The van der Waals surface area contributed by atoms with Gasteiger partial charge in [-0.2, -0.15) is 0 Å². The van der Waals surface area contributed by atoms with E-state index in [1.54, 1.807) is 0 Å². The second-order valence-electron chi connectivity index (χ2n) is 5.13. The Hall–Kier alpha value is -3.13. The highest BCUT2D eigenvalue weighted by molar-refractivity contribution is 6.30. The van der Waals surface area contributed by atoms with Crippen LogP contribution in [0.15, 0.2) is 30.3 Å². The number of ether oxygens (including phenoxy) is 3. The molecule has 1 amide bonds. The van der Waals surface area contributed by atoms with E-state index in [0.29, 0.717) is 6.29 Å². The number of halogens is 2. The van der Waals surface area contributed by atoms with Gasteiger partial charge in [-0.15, -0.1) is 0 Å². The highest BCUT2D eigenvalue weighted by atomic mass is 35.5. The molecule has 0 fully saturated rings. The molecule has 0 spiro atoms. The molecule has 0 saturated heterocycles. The van der Waals surface area contributed by atoms with Crippen molar-refractivity contribution in [2.45, 2.75) is 0 Å². The van der Waals surface area contributed by atoms with Gasteiger partial charge in [0, 0.05) is 10.6 Å². The number of anilines is 1. The van der Waals surface area contributed by atoms with Gasteiger partial charge in [-0.05, 0) is 30.3 Å². The van der Waals surface area contributed by atoms with Gasteiger partial charge in [-0.3, -0.25) is 9.59 Å². The van der Waals surface area contributed by atoms with Crippen LogP contribution in [0.3, 0.4) is 0 Å². The van der Waals surface area contributed by atoms with Crippen molar-refractivity contribution in [3.05, 3.63) is 52.3 Å². The van der Waals surface area contributed by atoms with E-state index in [1.165, 1.54) is 38.5 Å². The quantitative estimate of drug-likeness (QED) is 0.572. The maximum atomic E-state index is 13.7. The number of nitrogens with one attached hydrogen (secondary N) is 1. The zero-order valence-corrected chi connectivity index (χ0v) is 15.1. The maximum absolute atomic E-state index is 13.7. The minimum absolute atomic E-state index is 0.00167. The van der Waals surface area contributed by atoms with E-state index in [0.717, 1.165) is 6.07 Å². The molecular formula is C18H15ClFNO6. The number of esters is 1. The molecule has 9 heteroatoms. The van der Waals surface area contributed by atoms with Crippen LogP contribution in [0.5, 0.6) is 11.5 Å². The molecule has 0 bridgehead atoms. The van der Waals surface area contributed by atoms with Crippen LogP contribution < -0.4 is 14.8 Å². The predicted octanol–water partition coefficient (Wildman–Crippen LogP) is 3.10. The predicted molar refractivity (Wildman–Crippen MR) is 95.3 cm³/mol. The molecule has 0 saturated carbocycles. The summed E-state index contributed by atoms with van der Waals surface area (Å²) in [4.78, 5) is 35.5. The lowest BCUT2D eigenvalue weighted by Gasteiger charge is -2.14. The van der Waals surface area contributed by atoms with E-state index >= 15 is 0 Å². The molecule has 0 heterocycles. The van der Waals surface area contributed by atoms with Crippen LogP contribution >= 0.6 is 11.6 Å². The Morgan fingerprint density at radius 2 is 1.93 bits per heavy atom. The van der Waals surface area contributed by atoms with Gasteiger partial charge in [0.2, 0.25) is 0 Å². The summed E-state index contributed by atoms with van der Waals surface area (Å²) in [5.74, 6) is -2.28. The van der Waals surface area contributed by atoms with Gasteiger partial charge in [0.25, 0.3) is 5.91 Å². The number of carbonyl (C=O) groups excluding carboxylic acids is 3. The first-order valence-corrected chi connectivity index (χ1v) is 7.91. The molecule has 0 atom stereocenters. The lowest BCUT2D eigenvalue weighted by Crippen LogP contribution is -2.22. The van der Waals surface area contributed by atoms with Crippen molar-refractivity contribution in [2.75, 3.05) is 26.1 Å². The molecule has 27 heavy (non-hydrogen) atoms. The fourth-order valence-electron chi connectivity index (χ4n) is 2.23. The van der Waals surface area contributed by atoms with E-state index in [2.05, 4.69) is 5.32 Å². The Labute approximate surface area is 159 Å². The average Bonchev–Trinajstić information content (AvgIpc) is 2.66. The molecule has 0 aliphatic heterocycles. The van der Waals surface area contributed by atoms with Crippen molar-refractivity contribution in [2.24, 2.45) is 0 Å². The SMILES string of the molecule is COc1ccc(C=O)c(C(=O)OCC(=O)Nc2ccc(Cl)cc2F)c1OC. The number of carbonyl (C=O) groups is 3. The summed E-state index contributed by atoms with van der Waals surface area (Å²) in [5, 5.41) is 2.42. The number of methoxy groups -OCH3 is 2. The van der Waals surface area contributed by atoms with Crippen LogP contribution in [0.25, 0.3) is 0 Å². The summed E-state index contributed by atoms with van der Waals surface area (Å²) in [5.41, 5.74) is -0.299. The standard InChI is InChI=1S/C18H15ClFNO6/c1-25-14-6-3-10(8-22)16(17(14)26-2)18(24)27-9-15(23)21-13-5-4-11(19)7-12(13)20/h3-8H,9H2,1-2H3,(H,21,23). The molecule has 0 aromatic heterocycles. The summed E-state index contributed by atoms with van der Waals surface area (Å²) >= 11 is 5.63. The van der Waals surface area contributed by atoms with Gasteiger partial charge in [0.05, 0.1) is 19.9 Å². The summed E-state index contributed by atoms with van der Waals surface area (Å²) in [7, 11) is 2.65. The third-order valence-electron chi connectivity index (χ3n) is 3.45. The van der Waals surface area contributed by atoms with Gasteiger partial charge >= 0.3 is 5.97 Å². The highest BCUT2D eigenvalue weighted by Gasteiger charge is 2.23. The monoisotopic (exact) mass is 395 g/mol. The highest BCUT2D eigenvalue weighted by Crippen LogP contribution is 2.33. The summed E-state index contributed by atoms with van der Waals surface area (Å²) in [6, 6.07) is 6.50. The van der Waals surface area contributed by atoms with Crippen LogP contribution in [0.1, 0.15) is 20.7 Å². The Balaban J connectivity index is 2.13. The third-order valence-corrected chi connectivity index (χ3v) is 3.68. The number of hydrogen-bond acceptors (Lipinski definition) is 6.